The molecule has 0 saturated carbocycles. The standard InChI is InChI=1S/C26H29N3O6S2/c1-28-14-13-21-22(15-28)36-25(24(21)26(31)34-2)27-23(30)16-29(37(3,32)33)19-9-11-20(12-10-19)35-17-18-7-5-4-6-8-18/h4-12H,13-17H2,1-3H3,(H,27,30). The Hall–Kier alpha value is -3.41. The number of anilines is 2. The molecule has 0 atom stereocenters. The van der Waals surface area contributed by atoms with E-state index in [2.05, 4.69) is 10.2 Å². The molecule has 196 valence electrons. The van der Waals surface area contributed by atoms with E-state index >= 15 is 0 Å². The van der Waals surface area contributed by atoms with E-state index in [9.17, 15) is 18.0 Å². The number of likely N-dealkylation sites (N-methyl/N-ethyl adjacent to an activating group) is 1. The number of nitrogens with one attached hydrogen (secondary N) is 1. The van der Waals surface area contributed by atoms with Crippen LogP contribution in [0.1, 0.15) is 26.4 Å². The summed E-state index contributed by atoms with van der Waals surface area (Å²) in [6.45, 7) is 1.37. The van der Waals surface area contributed by atoms with Crippen LogP contribution in [0.4, 0.5) is 10.7 Å². The second kappa shape index (κ2) is 11.3. The Labute approximate surface area is 220 Å². The molecule has 1 aliphatic rings. The van der Waals surface area contributed by atoms with E-state index in [1.807, 2.05) is 37.4 Å². The average Bonchev–Trinajstić information content (AvgIpc) is 3.22. The fraction of sp³-hybridized carbons (Fsp3) is 0.308. The Morgan fingerprint density at radius 3 is 2.46 bits per heavy atom. The minimum Gasteiger partial charge on any atom is -0.489 e. The van der Waals surface area contributed by atoms with Gasteiger partial charge >= 0.3 is 5.97 Å². The van der Waals surface area contributed by atoms with Crippen LogP contribution in [0.3, 0.4) is 0 Å². The topological polar surface area (TPSA) is 105 Å². The highest BCUT2D eigenvalue weighted by Gasteiger charge is 2.29. The molecule has 1 aromatic heterocycles. The van der Waals surface area contributed by atoms with Gasteiger partial charge in [0, 0.05) is 18.0 Å². The quantitative estimate of drug-likeness (QED) is 0.412. The Bertz CT molecular complexity index is 1370. The smallest absolute Gasteiger partial charge is 0.341 e. The normalized spacial score (nSPS) is 13.5. The van der Waals surface area contributed by atoms with Crippen LogP contribution in [-0.2, 0) is 39.1 Å². The van der Waals surface area contributed by atoms with E-state index in [0.717, 1.165) is 33.1 Å². The van der Waals surface area contributed by atoms with E-state index in [1.54, 1.807) is 24.3 Å². The number of carbonyl (C=O) groups is 2. The second-order valence-electron chi connectivity index (χ2n) is 8.77. The highest BCUT2D eigenvalue weighted by atomic mass is 32.2. The van der Waals surface area contributed by atoms with Gasteiger partial charge in [-0.25, -0.2) is 13.2 Å². The van der Waals surface area contributed by atoms with Gasteiger partial charge in [-0.3, -0.25) is 9.10 Å². The van der Waals surface area contributed by atoms with Crippen LogP contribution in [-0.4, -0.2) is 58.7 Å². The molecule has 9 nitrogen and oxygen atoms in total. The summed E-state index contributed by atoms with van der Waals surface area (Å²) in [4.78, 5) is 28.6. The molecule has 2 aromatic carbocycles. The lowest BCUT2D eigenvalue weighted by Gasteiger charge is -2.22. The van der Waals surface area contributed by atoms with E-state index in [1.165, 1.54) is 18.4 Å². The minimum absolute atomic E-state index is 0.324. The van der Waals surface area contributed by atoms with E-state index in [4.69, 9.17) is 9.47 Å². The summed E-state index contributed by atoms with van der Waals surface area (Å²) >= 11 is 1.31. The highest BCUT2D eigenvalue weighted by molar-refractivity contribution is 7.92. The van der Waals surface area contributed by atoms with Gasteiger partial charge in [0.05, 0.1) is 24.6 Å². The Kier molecular flexibility index (Phi) is 8.16. The number of sulfonamides is 1. The molecule has 11 heteroatoms. The van der Waals surface area contributed by atoms with Crippen molar-refractivity contribution in [1.82, 2.24) is 4.90 Å². The molecule has 0 unspecified atom stereocenters. The lowest BCUT2D eigenvalue weighted by molar-refractivity contribution is -0.114. The number of amides is 1. The first-order valence-corrected chi connectivity index (χ1v) is 14.3. The fourth-order valence-electron chi connectivity index (χ4n) is 4.08. The van der Waals surface area contributed by atoms with Gasteiger partial charge in [0.1, 0.15) is 23.9 Å². The summed E-state index contributed by atoms with van der Waals surface area (Å²) in [7, 11) is -0.493. The maximum absolute atomic E-state index is 13.0. The molecule has 0 bridgehead atoms. The van der Waals surface area contributed by atoms with Gasteiger partial charge in [0.2, 0.25) is 15.9 Å². The molecule has 37 heavy (non-hydrogen) atoms. The van der Waals surface area contributed by atoms with Crippen molar-refractivity contribution in [3.8, 4) is 5.75 Å². The zero-order chi connectivity index (χ0) is 26.6. The molecule has 3 aromatic rings. The van der Waals surface area contributed by atoms with Crippen LogP contribution in [0.15, 0.2) is 54.6 Å². The van der Waals surface area contributed by atoms with Crippen molar-refractivity contribution in [2.45, 2.75) is 19.6 Å². The van der Waals surface area contributed by atoms with E-state index in [0.29, 0.717) is 41.6 Å². The highest BCUT2D eigenvalue weighted by Crippen LogP contribution is 2.37. The average molecular weight is 544 g/mol. The molecule has 1 N–H and O–H groups in total. The van der Waals surface area contributed by atoms with Gasteiger partial charge in [-0.05, 0) is 48.9 Å². The molecular weight excluding hydrogens is 514 g/mol. The SMILES string of the molecule is COC(=O)c1c(NC(=O)CN(c2ccc(OCc3ccccc3)cc2)S(C)(=O)=O)sc2c1CCN(C)C2. The van der Waals surface area contributed by atoms with Gasteiger partial charge in [-0.2, -0.15) is 0 Å². The Morgan fingerprint density at radius 1 is 1.11 bits per heavy atom. The summed E-state index contributed by atoms with van der Waals surface area (Å²) in [5.41, 5.74) is 2.55. The predicted octanol–water partition coefficient (Wildman–Crippen LogP) is 3.51. The molecule has 0 aliphatic carbocycles. The predicted molar refractivity (Wildman–Crippen MR) is 144 cm³/mol. The summed E-state index contributed by atoms with van der Waals surface area (Å²) in [5.74, 6) is -0.516. The van der Waals surface area contributed by atoms with Crippen LogP contribution in [0.5, 0.6) is 5.75 Å². The monoisotopic (exact) mass is 543 g/mol. The van der Waals surface area contributed by atoms with E-state index < -0.39 is 28.4 Å². The molecule has 1 aliphatic heterocycles. The Balaban J connectivity index is 1.49. The number of esters is 1. The zero-order valence-corrected chi connectivity index (χ0v) is 22.5. The van der Waals surface area contributed by atoms with Crippen molar-refractivity contribution in [2.24, 2.45) is 0 Å². The number of nitrogens with zero attached hydrogens (tertiary/aromatic N) is 2. The number of hydrogen-bond donors (Lipinski definition) is 1. The fourth-order valence-corrected chi connectivity index (χ4v) is 6.27. The second-order valence-corrected chi connectivity index (χ2v) is 11.8. The number of fused-ring (bicyclic) bond motifs is 1. The van der Waals surface area contributed by atoms with Crippen molar-refractivity contribution >= 4 is 43.9 Å². The molecule has 0 saturated heterocycles. The number of ether oxygens (including phenoxy) is 2. The molecule has 0 radical (unpaired) electrons. The number of rotatable bonds is 9. The zero-order valence-electron chi connectivity index (χ0n) is 20.9. The number of thiophene rings is 1. The molecule has 0 spiro atoms. The summed E-state index contributed by atoms with van der Waals surface area (Å²) in [5, 5.41) is 3.12. The third-order valence-corrected chi connectivity index (χ3v) is 8.22. The summed E-state index contributed by atoms with van der Waals surface area (Å²) in [6, 6.07) is 16.2. The maximum Gasteiger partial charge on any atom is 0.341 e. The summed E-state index contributed by atoms with van der Waals surface area (Å²) in [6.07, 6.45) is 1.70. The van der Waals surface area contributed by atoms with Crippen molar-refractivity contribution in [3.63, 3.8) is 0 Å². The first-order chi connectivity index (χ1) is 17.7. The van der Waals surface area contributed by atoms with Crippen molar-refractivity contribution in [3.05, 3.63) is 76.2 Å². The van der Waals surface area contributed by atoms with Crippen LogP contribution >= 0.6 is 11.3 Å². The summed E-state index contributed by atoms with van der Waals surface area (Å²) < 4.78 is 36.9. The largest absolute Gasteiger partial charge is 0.489 e. The molecular formula is C26H29N3O6S2. The molecule has 0 fully saturated rings. The van der Waals surface area contributed by atoms with Crippen molar-refractivity contribution in [1.29, 1.82) is 0 Å². The van der Waals surface area contributed by atoms with E-state index in [-0.39, 0.29) is 0 Å². The van der Waals surface area contributed by atoms with Crippen LogP contribution in [0.2, 0.25) is 0 Å². The number of benzene rings is 2. The molecule has 4 rings (SSSR count). The van der Waals surface area contributed by atoms with Crippen molar-refractivity contribution < 1.29 is 27.5 Å². The number of carbonyl (C=O) groups excluding carboxylic acids is 2. The van der Waals surface area contributed by atoms with Crippen LogP contribution in [0, 0.1) is 0 Å². The van der Waals surface area contributed by atoms with Gasteiger partial charge < -0.3 is 19.7 Å². The van der Waals surface area contributed by atoms with Crippen LogP contribution < -0.4 is 14.4 Å². The molecule has 1 amide bonds. The molecule has 2 heterocycles. The third kappa shape index (κ3) is 6.48. The Morgan fingerprint density at radius 2 is 1.81 bits per heavy atom. The first kappa shape index (κ1) is 26.6. The van der Waals surface area contributed by atoms with Gasteiger partial charge in [0.25, 0.3) is 0 Å². The van der Waals surface area contributed by atoms with Crippen LogP contribution in [0.25, 0.3) is 0 Å². The maximum atomic E-state index is 13.0. The van der Waals surface area contributed by atoms with Gasteiger partial charge in [-0.1, -0.05) is 30.3 Å². The van der Waals surface area contributed by atoms with Crippen molar-refractivity contribution in [2.75, 3.05) is 43.1 Å². The number of methoxy groups -OCH3 is 1. The lowest BCUT2D eigenvalue weighted by Crippen LogP contribution is -2.37. The minimum atomic E-state index is -3.78. The van der Waals surface area contributed by atoms with Gasteiger partial charge in [0.15, 0.2) is 0 Å². The third-order valence-electron chi connectivity index (χ3n) is 5.95. The van der Waals surface area contributed by atoms with Gasteiger partial charge in [-0.15, -0.1) is 11.3 Å². The number of hydrogen-bond acceptors (Lipinski definition) is 8. The first-order valence-electron chi connectivity index (χ1n) is 11.6. The lowest BCUT2D eigenvalue weighted by atomic mass is 10.0.